The van der Waals surface area contributed by atoms with Gasteiger partial charge in [-0.1, -0.05) is 43.1 Å². The largest absolute Gasteiger partial charge is 0.481 e. The fourth-order valence-corrected chi connectivity index (χ4v) is 3.33. The molecule has 138 valence electrons. The highest BCUT2D eigenvalue weighted by Crippen LogP contribution is 2.36. The van der Waals surface area contributed by atoms with Crippen molar-refractivity contribution in [2.45, 2.75) is 13.8 Å². The first kappa shape index (κ1) is 20.6. The summed E-state index contributed by atoms with van der Waals surface area (Å²) < 4.78 is 6.02. The van der Waals surface area contributed by atoms with Gasteiger partial charge in [-0.3, -0.25) is 9.59 Å². The van der Waals surface area contributed by atoms with Crippen LogP contribution < -0.4 is 15.4 Å². The lowest BCUT2D eigenvalue weighted by Gasteiger charge is -2.12. The van der Waals surface area contributed by atoms with Gasteiger partial charge in [-0.2, -0.15) is 0 Å². The third kappa shape index (κ3) is 5.90. The summed E-state index contributed by atoms with van der Waals surface area (Å²) in [5.74, 6) is -0.261. The Morgan fingerprint density at radius 3 is 2.38 bits per heavy atom. The molecule has 0 aliphatic carbocycles. The van der Waals surface area contributed by atoms with Crippen molar-refractivity contribution < 1.29 is 14.3 Å². The molecule has 2 aromatic carbocycles. The van der Waals surface area contributed by atoms with Crippen LogP contribution >= 0.6 is 39.1 Å². The van der Waals surface area contributed by atoms with Crippen LogP contribution in [-0.4, -0.2) is 18.4 Å². The maximum Gasteiger partial charge on any atom is 0.262 e. The highest BCUT2D eigenvalue weighted by atomic mass is 79.9. The third-order valence-electron chi connectivity index (χ3n) is 3.25. The lowest BCUT2D eigenvalue weighted by Crippen LogP contribution is -2.21. The van der Waals surface area contributed by atoms with E-state index in [1.165, 1.54) is 6.07 Å². The van der Waals surface area contributed by atoms with Crippen molar-refractivity contribution in [1.82, 2.24) is 0 Å². The lowest BCUT2D eigenvalue weighted by atomic mass is 10.2. The van der Waals surface area contributed by atoms with Crippen LogP contribution in [0.3, 0.4) is 0 Å². The number of nitrogens with one attached hydrogen (secondary N) is 2. The topological polar surface area (TPSA) is 67.4 Å². The first-order chi connectivity index (χ1) is 12.3. The van der Waals surface area contributed by atoms with Gasteiger partial charge in [0.1, 0.15) is 0 Å². The molecule has 26 heavy (non-hydrogen) atoms. The van der Waals surface area contributed by atoms with Gasteiger partial charge in [-0.05, 0) is 46.3 Å². The molecule has 2 amide bonds. The molecule has 0 aliphatic rings. The summed E-state index contributed by atoms with van der Waals surface area (Å²) in [6, 6.07) is 10.0. The van der Waals surface area contributed by atoms with Crippen LogP contribution in [0, 0.1) is 5.92 Å². The Balaban J connectivity index is 1.97. The number of hydrogen-bond donors (Lipinski definition) is 2. The van der Waals surface area contributed by atoms with Crippen molar-refractivity contribution in [2.24, 2.45) is 5.92 Å². The van der Waals surface area contributed by atoms with Crippen molar-refractivity contribution in [2.75, 3.05) is 17.2 Å². The molecule has 0 radical (unpaired) electrons. The predicted molar refractivity (Wildman–Crippen MR) is 108 cm³/mol. The number of carbonyl (C=O) groups is 2. The minimum absolute atomic E-state index is 0.0981. The second-order valence-electron chi connectivity index (χ2n) is 5.76. The quantitative estimate of drug-likeness (QED) is 0.610. The molecular formula is C18H17BrCl2N2O3. The summed E-state index contributed by atoms with van der Waals surface area (Å²) in [6.07, 6.45) is 0. The summed E-state index contributed by atoms with van der Waals surface area (Å²) in [5, 5.41) is 6.24. The number of hydrogen-bond acceptors (Lipinski definition) is 3. The molecule has 0 aromatic heterocycles. The smallest absolute Gasteiger partial charge is 0.262 e. The minimum Gasteiger partial charge on any atom is -0.481 e. The van der Waals surface area contributed by atoms with E-state index in [0.29, 0.717) is 31.6 Å². The standard InChI is InChI=1S/C18H17BrCl2N2O3/c1-10(2)18(25)23-13-5-3-4-12(8-13)22-16(24)9-26-17-14(19)6-11(20)7-15(17)21/h3-8,10H,9H2,1-2H3,(H,22,24)(H,23,25). The Kier molecular flexibility index (Phi) is 7.32. The van der Waals surface area contributed by atoms with Gasteiger partial charge in [0, 0.05) is 22.3 Å². The Morgan fingerprint density at radius 1 is 1.12 bits per heavy atom. The minimum atomic E-state index is -0.366. The number of anilines is 2. The molecule has 0 saturated heterocycles. The van der Waals surface area contributed by atoms with Crippen LogP contribution in [-0.2, 0) is 9.59 Å². The Morgan fingerprint density at radius 2 is 1.77 bits per heavy atom. The van der Waals surface area contributed by atoms with Gasteiger partial charge in [0.25, 0.3) is 5.91 Å². The fourth-order valence-electron chi connectivity index (χ4n) is 1.96. The molecule has 2 rings (SSSR count). The lowest BCUT2D eigenvalue weighted by molar-refractivity contribution is -0.119. The molecule has 8 heteroatoms. The SMILES string of the molecule is CC(C)C(=O)Nc1cccc(NC(=O)COc2c(Cl)cc(Cl)cc2Br)c1. The number of rotatable bonds is 6. The average Bonchev–Trinajstić information content (AvgIpc) is 2.54. The summed E-state index contributed by atoms with van der Waals surface area (Å²) in [6.45, 7) is 3.37. The van der Waals surface area contributed by atoms with Gasteiger partial charge in [0.05, 0.1) is 9.50 Å². The fraction of sp³-hybridized carbons (Fsp3) is 0.222. The second kappa shape index (κ2) is 9.26. The molecule has 2 aromatic rings. The number of halogens is 3. The van der Waals surface area contributed by atoms with Crippen molar-refractivity contribution in [3.05, 3.63) is 50.9 Å². The van der Waals surface area contributed by atoms with E-state index in [4.69, 9.17) is 27.9 Å². The number of ether oxygens (including phenoxy) is 1. The first-order valence-electron chi connectivity index (χ1n) is 7.74. The van der Waals surface area contributed by atoms with Crippen molar-refractivity contribution in [3.8, 4) is 5.75 Å². The van der Waals surface area contributed by atoms with E-state index in [2.05, 4.69) is 26.6 Å². The Labute approximate surface area is 170 Å². The van der Waals surface area contributed by atoms with Crippen LogP contribution in [0.5, 0.6) is 5.75 Å². The molecule has 0 unspecified atom stereocenters. The van der Waals surface area contributed by atoms with Gasteiger partial charge >= 0.3 is 0 Å². The summed E-state index contributed by atoms with van der Waals surface area (Å²) in [4.78, 5) is 23.9. The van der Waals surface area contributed by atoms with Gasteiger partial charge in [0.2, 0.25) is 5.91 Å². The van der Waals surface area contributed by atoms with E-state index in [-0.39, 0.29) is 24.3 Å². The normalized spacial score (nSPS) is 10.5. The van der Waals surface area contributed by atoms with Gasteiger partial charge in [0.15, 0.2) is 12.4 Å². The number of benzene rings is 2. The van der Waals surface area contributed by atoms with E-state index in [0.717, 1.165) is 0 Å². The van der Waals surface area contributed by atoms with Gasteiger partial charge < -0.3 is 15.4 Å². The maximum absolute atomic E-state index is 12.1. The van der Waals surface area contributed by atoms with Crippen LogP contribution in [0.15, 0.2) is 40.9 Å². The maximum atomic E-state index is 12.1. The summed E-state index contributed by atoms with van der Waals surface area (Å²) >= 11 is 15.2. The first-order valence-corrected chi connectivity index (χ1v) is 9.29. The molecular weight excluding hydrogens is 443 g/mol. The highest BCUT2D eigenvalue weighted by molar-refractivity contribution is 9.10. The molecule has 5 nitrogen and oxygen atoms in total. The Hall–Kier alpha value is -1.76. The van der Waals surface area contributed by atoms with E-state index in [9.17, 15) is 9.59 Å². The molecule has 0 aliphatic heterocycles. The molecule has 0 saturated carbocycles. The second-order valence-corrected chi connectivity index (χ2v) is 7.46. The van der Waals surface area contributed by atoms with Gasteiger partial charge in [-0.25, -0.2) is 0 Å². The van der Waals surface area contributed by atoms with Crippen molar-refractivity contribution in [1.29, 1.82) is 0 Å². The zero-order chi connectivity index (χ0) is 19.3. The van der Waals surface area contributed by atoms with Gasteiger partial charge in [-0.15, -0.1) is 0 Å². The highest BCUT2D eigenvalue weighted by Gasteiger charge is 2.12. The average molecular weight is 460 g/mol. The van der Waals surface area contributed by atoms with Crippen LogP contribution in [0.25, 0.3) is 0 Å². The Bertz CT molecular complexity index is 805. The molecule has 0 heterocycles. The number of carbonyl (C=O) groups excluding carboxylic acids is 2. The summed E-state index contributed by atoms with van der Waals surface area (Å²) in [5.41, 5.74) is 1.15. The van der Waals surface area contributed by atoms with Crippen molar-refractivity contribution >= 4 is 62.3 Å². The summed E-state index contributed by atoms with van der Waals surface area (Å²) in [7, 11) is 0. The van der Waals surface area contributed by atoms with E-state index < -0.39 is 0 Å². The molecule has 0 spiro atoms. The zero-order valence-electron chi connectivity index (χ0n) is 14.1. The van der Waals surface area contributed by atoms with Crippen LogP contribution in [0.1, 0.15) is 13.8 Å². The van der Waals surface area contributed by atoms with Crippen LogP contribution in [0.2, 0.25) is 10.0 Å². The van der Waals surface area contributed by atoms with E-state index in [1.54, 1.807) is 44.2 Å². The van der Waals surface area contributed by atoms with Crippen LogP contribution in [0.4, 0.5) is 11.4 Å². The monoisotopic (exact) mass is 458 g/mol. The molecule has 0 bridgehead atoms. The molecule has 2 N–H and O–H groups in total. The van der Waals surface area contributed by atoms with E-state index >= 15 is 0 Å². The molecule has 0 fully saturated rings. The zero-order valence-corrected chi connectivity index (χ0v) is 17.2. The van der Waals surface area contributed by atoms with E-state index in [1.807, 2.05) is 0 Å². The third-order valence-corrected chi connectivity index (χ3v) is 4.34. The molecule has 0 atom stereocenters. The number of amides is 2. The predicted octanol–water partition coefficient (Wildman–Crippen LogP) is 5.37. The van der Waals surface area contributed by atoms with Crippen molar-refractivity contribution in [3.63, 3.8) is 0 Å².